The number of alkyl halides is 1. The Hall–Kier alpha value is -3.97. The van der Waals surface area contributed by atoms with Crippen molar-refractivity contribution < 1.29 is 19.1 Å². The molecular formula is C25H20ClN3O4. The zero-order chi connectivity index (χ0) is 23.4. The third-order valence-electron chi connectivity index (χ3n) is 5.09. The average Bonchev–Trinajstić information content (AvgIpc) is 3.29. The molecule has 0 saturated carbocycles. The molecular weight excluding hydrogens is 442 g/mol. The highest BCUT2D eigenvalue weighted by Crippen LogP contribution is 2.30. The van der Waals surface area contributed by atoms with E-state index in [4.69, 9.17) is 21.1 Å². The highest BCUT2D eigenvalue weighted by molar-refractivity contribution is 6.17. The van der Waals surface area contributed by atoms with Crippen LogP contribution in [-0.4, -0.2) is 40.9 Å². The highest BCUT2D eigenvalue weighted by Gasteiger charge is 2.31. The smallest absolute Gasteiger partial charge is 0.357 e. The number of rotatable bonds is 6. The van der Waals surface area contributed by atoms with Crippen molar-refractivity contribution in [3.05, 3.63) is 89.7 Å². The summed E-state index contributed by atoms with van der Waals surface area (Å²) in [6.45, 7) is 0. The number of nitrogens with zero attached hydrogens (tertiary/aromatic N) is 3. The van der Waals surface area contributed by atoms with E-state index in [-0.39, 0.29) is 11.3 Å². The number of carbonyl (C=O) groups excluding carboxylic acids is 2. The molecule has 0 aliphatic carbocycles. The number of carbonyl (C=O) groups is 2. The number of halogens is 1. The van der Waals surface area contributed by atoms with Crippen LogP contribution in [0, 0.1) is 0 Å². The molecule has 0 atom stereocenters. The van der Waals surface area contributed by atoms with Gasteiger partial charge in [-0.3, -0.25) is 4.98 Å². The van der Waals surface area contributed by atoms with Crippen molar-refractivity contribution in [3.63, 3.8) is 0 Å². The monoisotopic (exact) mass is 461 g/mol. The summed E-state index contributed by atoms with van der Waals surface area (Å²) in [7, 11) is 2.51. The Kier molecular flexibility index (Phi) is 6.51. The number of esters is 2. The van der Waals surface area contributed by atoms with Crippen LogP contribution in [0.5, 0.6) is 0 Å². The molecule has 7 nitrogen and oxygen atoms in total. The van der Waals surface area contributed by atoms with Gasteiger partial charge in [0.15, 0.2) is 5.69 Å². The van der Waals surface area contributed by atoms with Gasteiger partial charge < -0.3 is 9.47 Å². The van der Waals surface area contributed by atoms with E-state index < -0.39 is 11.9 Å². The Morgan fingerprint density at radius 3 is 2.12 bits per heavy atom. The Balaban J connectivity index is 1.85. The minimum Gasteiger partial charge on any atom is -0.465 e. The molecule has 2 aromatic heterocycles. The first-order valence-electron chi connectivity index (χ1n) is 10.0. The Labute approximate surface area is 195 Å². The van der Waals surface area contributed by atoms with Crippen molar-refractivity contribution >= 4 is 23.5 Å². The van der Waals surface area contributed by atoms with Gasteiger partial charge in [0.05, 0.1) is 25.6 Å². The largest absolute Gasteiger partial charge is 0.465 e. The number of hydrogen-bond donors (Lipinski definition) is 0. The van der Waals surface area contributed by atoms with Crippen molar-refractivity contribution in [3.8, 4) is 28.2 Å². The normalized spacial score (nSPS) is 10.6. The van der Waals surface area contributed by atoms with Crippen LogP contribution in [0.15, 0.2) is 72.9 Å². The van der Waals surface area contributed by atoms with Crippen LogP contribution in [0.3, 0.4) is 0 Å². The lowest BCUT2D eigenvalue weighted by Gasteiger charge is -2.07. The lowest BCUT2D eigenvalue weighted by Crippen LogP contribution is -2.15. The zero-order valence-electron chi connectivity index (χ0n) is 18.0. The van der Waals surface area contributed by atoms with Gasteiger partial charge in [0.25, 0.3) is 0 Å². The average molecular weight is 462 g/mol. The number of pyridine rings is 1. The molecule has 166 valence electrons. The molecule has 4 rings (SSSR count). The van der Waals surface area contributed by atoms with Crippen LogP contribution in [-0.2, 0) is 15.4 Å². The first kappa shape index (κ1) is 22.2. The molecule has 0 saturated heterocycles. The van der Waals surface area contributed by atoms with Crippen molar-refractivity contribution in [1.29, 1.82) is 0 Å². The summed E-state index contributed by atoms with van der Waals surface area (Å²) in [5.41, 5.74) is 4.18. The molecule has 4 aromatic rings. The third-order valence-corrected chi connectivity index (χ3v) is 5.40. The van der Waals surface area contributed by atoms with Crippen molar-refractivity contribution in [1.82, 2.24) is 14.8 Å². The zero-order valence-corrected chi connectivity index (χ0v) is 18.7. The lowest BCUT2D eigenvalue weighted by atomic mass is 10.0. The van der Waals surface area contributed by atoms with Gasteiger partial charge >= 0.3 is 11.9 Å². The molecule has 0 bridgehead atoms. The maximum absolute atomic E-state index is 12.7. The summed E-state index contributed by atoms with van der Waals surface area (Å²) in [4.78, 5) is 29.8. The summed E-state index contributed by atoms with van der Waals surface area (Å²) in [6, 6.07) is 20.2. The number of benzene rings is 2. The number of hydrogen-bond acceptors (Lipinski definition) is 6. The summed E-state index contributed by atoms with van der Waals surface area (Å²) in [6.07, 6.45) is 1.73. The molecule has 33 heavy (non-hydrogen) atoms. The maximum atomic E-state index is 12.7. The van der Waals surface area contributed by atoms with E-state index in [0.717, 1.165) is 16.8 Å². The second-order valence-electron chi connectivity index (χ2n) is 7.07. The van der Waals surface area contributed by atoms with E-state index >= 15 is 0 Å². The number of para-hydroxylation sites is 1. The fourth-order valence-electron chi connectivity index (χ4n) is 3.43. The molecule has 0 N–H and O–H groups in total. The van der Waals surface area contributed by atoms with E-state index in [0.29, 0.717) is 22.8 Å². The lowest BCUT2D eigenvalue weighted by molar-refractivity contribution is 0.0549. The molecule has 0 unspecified atom stereocenters. The Bertz CT molecular complexity index is 1280. The Morgan fingerprint density at radius 2 is 1.55 bits per heavy atom. The molecule has 0 aliphatic rings. The number of aromatic nitrogens is 3. The quantitative estimate of drug-likeness (QED) is 0.299. The van der Waals surface area contributed by atoms with Crippen molar-refractivity contribution in [2.24, 2.45) is 0 Å². The van der Waals surface area contributed by atoms with E-state index in [2.05, 4.69) is 10.1 Å². The van der Waals surface area contributed by atoms with Crippen LogP contribution >= 0.6 is 11.6 Å². The predicted molar refractivity (Wildman–Crippen MR) is 124 cm³/mol. The number of ether oxygens (including phenoxy) is 2. The van der Waals surface area contributed by atoms with Crippen LogP contribution in [0.1, 0.15) is 26.4 Å². The molecule has 8 heteroatoms. The van der Waals surface area contributed by atoms with Gasteiger partial charge in [0.1, 0.15) is 11.3 Å². The van der Waals surface area contributed by atoms with Crippen LogP contribution in [0.2, 0.25) is 0 Å². The first-order valence-corrected chi connectivity index (χ1v) is 10.6. The molecule has 0 amide bonds. The van der Waals surface area contributed by atoms with E-state index in [1.165, 1.54) is 18.9 Å². The fourth-order valence-corrected chi connectivity index (χ4v) is 3.59. The predicted octanol–water partition coefficient (Wildman–Crippen LogP) is 4.91. The van der Waals surface area contributed by atoms with Crippen molar-refractivity contribution in [2.75, 3.05) is 14.2 Å². The van der Waals surface area contributed by atoms with Crippen LogP contribution in [0.25, 0.3) is 28.2 Å². The number of methoxy groups -OCH3 is 2. The van der Waals surface area contributed by atoms with Gasteiger partial charge in [-0.05, 0) is 23.8 Å². The van der Waals surface area contributed by atoms with Gasteiger partial charge in [-0.1, -0.05) is 48.5 Å². The minimum atomic E-state index is -0.696. The van der Waals surface area contributed by atoms with Gasteiger partial charge in [-0.15, -0.1) is 11.6 Å². The SMILES string of the molecule is COC(=O)c1c(-c2ccc(-c3ccc(CCl)cn3)cc2)nn(-c2ccccc2)c1C(=O)OC. The van der Waals surface area contributed by atoms with E-state index in [1.807, 2.05) is 54.6 Å². The second kappa shape index (κ2) is 9.67. The highest BCUT2D eigenvalue weighted by atomic mass is 35.5. The molecule has 0 radical (unpaired) electrons. The third kappa shape index (κ3) is 4.36. The summed E-state index contributed by atoms with van der Waals surface area (Å²) in [5.74, 6) is -0.983. The molecule has 0 spiro atoms. The fraction of sp³-hybridized carbons (Fsp3) is 0.120. The van der Waals surface area contributed by atoms with Crippen LogP contribution in [0.4, 0.5) is 0 Å². The van der Waals surface area contributed by atoms with Gasteiger partial charge in [0, 0.05) is 23.2 Å². The molecule has 2 aromatic carbocycles. The molecule has 0 fully saturated rings. The summed E-state index contributed by atoms with van der Waals surface area (Å²) < 4.78 is 11.3. The molecule has 2 heterocycles. The summed E-state index contributed by atoms with van der Waals surface area (Å²) >= 11 is 5.84. The summed E-state index contributed by atoms with van der Waals surface area (Å²) in [5, 5.41) is 4.60. The van der Waals surface area contributed by atoms with E-state index in [9.17, 15) is 9.59 Å². The standard InChI is InChI=1S/C25H20ClN3O4/c1-32-24(30)21-22(28-29(23(21)25(31)33-2)19-6-4-3-5-7-19)18-11-9-17(10-12-18)20-13-8-16(14-26)15-27-20/h3-13,15H,14H2,1-2H3. The molecule has 0 aliphatic heterocycles. The van der Waals surface area contributed by atoms with Gasteiger partial charge in [-0.25, -0.2) is 14.3 Å². The minimum absolute atomic E-state index is 0.00652. The van der Waals surface area contributed by atoms with Gasteiger partial charge in [-0.2, -0.15) is 5.10 Å². The maximum Gasteiger partial charge on any atom is 0.357 e. The van der Waals surface area contributed by atoms with Crippen LogP contribution < -0.4 is 0 Å². The van der Waals surface area contributed by atoms with E-state index in [1.54, 1.807) is 18.3 Å². The van der Waals surface area contributed by atoms with Crippen molar-refractivity contribution in [2.45, 2.75) is 5.88 Å². The topological polar surface area (TPSA) is 83.3 Å². The van der Waals surface area contributed by atoms with Gasteiger partial charge in [0.2, 0.25) is 0 Å². The second-order valence-corrected chi connectivity index (χ2v) is 7.33. The Morgan fingerprint density at radius 1 is 0.879 bits per heavy atom. The first-order chi connectivity index (χ1) is 16.1.